The van der Waals surface area contributed by atoms with Crippen LogP contribution in [0.4, 0.5) is 5.69 Å². The molecule has 2 atom stereocenters. The molecular formula is C16H24N3O2+. The number of para-hydroxylation sites is 1. The van der Waals surface area contributed by atoms with E-state index in [1.54, 1.807) is 0 Å². The van der Waals surface area contributed by atoms with Crippen LogP contribution in [0.15, 0.2) is 18.2 Å². The fourth-order valence-corrected chi connectivity index (χ4v) is 2.98. The maximum Gasteiger partial charge on any atom is 0.279 e. The van der Waals surface area contributed by atoms with Crippen LogP contribution < -0.4 is 16.0 Å². The summed E-state index contributed by atoms with van der Waals surface area (Å²) < 4.78 is 0. The van der Waals surface area contributed by atoms with Crippen molar-refractivity contribution in [2.75, 3.05) is 25.0 Å². The van der Waals surface area contributed by atoms with Gasteiger partial charge in [-0.3, -0.25) is 9.59 Å². The number of hydrogen-bond donors (Lipinski definition) is 3. The number of likely N-dealkylation sites (tertiary alicyclic amines) is 1. The molecule has 5 nitrogen and oxygen atoms in total. The minimum Gasteiger partial charge on any atom is -0.369 e. The number of carbonyl (C=O) groups is 2. The van der Waals surface area contributed by atoms with E-state index in [2.05, 4.69) is 5.32 Å². The normalized spacial score (nSPS) is 21.8. The number of amides is 2. The van der Waals surface area contributed by atoms with Crippen molar-refractivity contribution in [1.82, 2.24) is 0 Å². The van der Waals surface area contributed by atoms with E-state index in [1.165, 1.54) is 0 Å². The molecule has 1 saturated heterocycles. The summed E-state index contributed by atoms with van der Waals surface area (Å²) in [5.74, 6) is -0.350. The lowest BCUT2D eigenvalue weighted by molar-refractivity contribution is -0.899. The third-order valence-corrected chi connectivity index (χ3v) is 4.18. The molecule has 1 aromatic rings. The molecule has 0 bridgehead atoms. The summed E-state index contributed by atoms with van der Waals surface area (Å²) in [5.41, 5.74) is 8.39. The van der Waals surface area contributed by atoms with E-state index in [-0.39, 0.29) is 17.7 Å². The van der Waals surface area contributed by atoms with E-state index in [9.17, 15) is 9.59 Å². The molecule has 0 spiro atoms. The number of nitrogens with one attached hydrogen (secondary N) is 2. The number of piperidine rings is 1. The zero-order valence-electron chi connectivity index (χ0n) is 12.7. The van der Waals surface area contributed by atoms with Gasteiger partial charge in [0.2, 0.25) is 5.91 Å². The Morgan fingerprint density at radius 1 is 1.33 bits per heavy atom. The number of carbonyl (C=O) groups excluding carboxylic acids is 2. The number of hydrogen-bond acceptors (Lipinski definition) is 2. The van der Waals surface area contributed by atoms with Gasteiger partial charge in [0.25, 0.3) is 5.91 Å². The lowest BCUT2D eigenvalue weighted by Gasteiger charge is -2.27. The van der Waals surface area contributed by atoms with Gasteiger partial charge in [-0.15, -0.1) is 0 Å². The standard InChI is InChI=1S/C16H23N3O2/c1-11-5-3-6-12(2)15(11)18-14(20)10-19-8-4-7-13(9-19)16(17)21/h3,5-6,13H,4,7-10H2,1-2H3,(H2,17,21)(H,18,20)/p+1/t13-/m0/s1. The van der Waals surface area contributed by atoms with E-state index >= 15 is 0 Å². The molecule has 5 heteroatoms. The number of primary amides is 1. The summed E-state index contributed by atoms with van der Waals surface area (Å²) in [7, 11) is 0. The molecule has 114 valence electrons. The lowest BCUT2D eigenvalue weighted by atomic mass is 9.97. The van der Waals surface area contributed by atoms with Gasteiger partial charge in [-0.1, -0.05) is 18.2 Å². The number of benzene rings is 1. The Bertz CT molecular complexity index is 522. The highest BCUT2D eigenvalue weighted by Gasteiger charge is 2.28. The van der Waals surface area contributed by atoms with Crippen LogP contribution in [0, 0.1) is 19.8 Å². The summed E-state index contributed by atoms with van der Waals surface area (Å²) in [6, 6.07) is 5.95. The Kier molecular flexibility index (Phi) is 4.96. The first kappa shape index (κ1) is 15.5. The third kappa shape index (κ3) is 4.04. The zero-order chi connectivity index (χ0) is 15.4. The fraction of sp³-hybridized carbons (Fsp3) is 0.500. The first-order chi connectivity index (χ1) is 9.97. The second kappa shape index (κ2) is 6.72. The average molecular weight is 290 g/mol. The molecule has 2 rings (SSSR count). The SMILES string of the molecule is Cc1cccc(C)c1NC(=O)C[NH+]1CCC[C@H](C(N)=O)C1. The molecule has 1 unspecified atom stereocenters. The molecule has 21 heavy (non-hydrogen) atoms. The smallest absolute Gasteiger partial charge is 0.279 e. The van der Waals surface area contributed by atoms with Gasteiger partial charge in [-0.2, -0.15) is 0 Å². The fourth-order valence-electron chi connectivity index (χ4n) is 2.98. The van der Waals surface area contributed by atoms with Crippen LogP contribution >= 0.6 is 0 Å². The summed E-state index contributed by atoms with van der Waals surface area (Å²) in [4.78, 5) is 24.6. The molecule has 2 amide bonds. The van der Waals surface area contributed by atoms with Crippen molar-refractivity contribution >= 4 is 17.5 Å². The van der Waals surface area contributed by atoms with Crippen LogP contribution in [-0.2, 0) is 9.59 Å². The van der Waals surface area contributed by atoms with E-state index in [0.717, 1.165) is 41.1 Å². The average Bonchev–Trinajstić information content (AvgIpc) is 2.43. The summed E-state index contributed by atoms with van der Waals surface area (Å²) in [6.07, 6.45) is 1.79. The first-order valence-electron chi connectivity index (χ1n) is 7.46. The van der Waals surface area contributed by atoms with Gasteiger partial charge < -0.3 is 16.0 Å². The second-order valence-electron chi connectivity index (χ2n) is 5.94. The van der Waals surface area contributed by atoms with Gasteiger partial charge in [0.1, 0.15) is 0 Å². The zero-order valence-corrected chi connectivity index (χ0v) is 12.7. The Morgan fingerprint density at radius 3 is 2.62 bits per heavy atom. The summed E-state index contributed by atoms with van der Waals surface area (Å²) in [6.45, 7) is 5.94. The monoisotopic (exact) mass is 290 g/mol. The number of quaternary nitrogens is 1. The molecule has 1 aliphatic heterocycles. The van der Waals surface area contributed by atoms with Crippen molar-refractivity contribution in [1.29, 1.82) is 0 Å². The second-order valence-corrected chi connectivity index (χ2v) is 5.94. The van der Waals surface area contributed by atoms with Crippen molar-refractivity contribution in [2.24, 2.45) is 11.7 Å². The van der Waals surface area contributed by atoms with Crippen molar-refractivity contribution in [3.8, 4) is 0 Å². The Hall–Kier alpha value is -1.88. The van der Waals surface area contributed by atoms with Crippen LogP contribution in [-0.4, -0.2) is 31.4 Å². The number of aryl methyl sites for hydroxylation is 2. The lowest BCUT2D eigenvalue weighted by Crippen LogP contribution is -3.14. The van der Waals surface area contributed by atoms with Crippen molar-refractivity contribution < 1.29 is 14.5 Å². The molecule has 1 aliphatic rings. The largest absolute Gasteiger partial charge is 0.369 e. The van der Waals surface area contributed by atoms with Gasteiger partial charge in [0.15, 0.2) is 6.54 Å². The van der Waals surface area contributed by atoms with Crippen LogP contribution in [0.3, 0.4) is 0 Å². The van der Waals surface area contributed by atoms with Gasteiger partial charge in [0.05, 0.1) is 19.0 Å². The molecular weight excluding hydrogens is 266 g/mol. The Balaban J connectivity index is 1.94. The van der Waals surface area contributed by atoms with Gasteiger partial charge >= 0.3 is 0 Å². The molecule has 1 aromatic carbocycles. The molecule has 1 fully saturated rings. The number of nitrogens with two attached hydrogens (primary N) is 1. The highest BCUT2D eigenvalue weighted by molar-refractivity contribution is 5.93. The molecule has 0 saturated carbocycles. The molecule has 4 N–H and O–H groups in total. The summed E-state index contributed by atoms with van der Waals surface area (Å²) in [5, 5.41) is 2.99. The van der Waals surface area contributed by atoms with Gasteiger partial charge in [0, 0.05) is 5.69 Å². The van der Waals surface area contributed by atoms with Crippen LogP contribution in [0.2, 0.25) is 0 Å². The summed E-state index contributed by atoms with van der Waals surface area (Å²) >= 11 is 0. The molecule has 0 aromatic heterocycles. The van der Waals surface area contributed by atoms with Gasteiger partial charge in [-0.05, 0) is 37.8 Å². The van der Waals surface area contributed by atoms with Crippen molar-refractivity contribution in [2.45, 2.75) is 26.7 Å². The van der Waals surface area contributed by atoms with Crippen LogP contribution in [0.25, 0.3) is 0 Å². The topological polar surface area (TPSA) is 76.6 Å². The third-order valence-electron chi connectivity index (χ3n) is 4.18. The minimum absolute atomic E-state index is 0.00693. The quantitative estimate of drug-likeness (QED) is 0.731. The molecule has 0 radical (unpaired) electrons. The van der Waals surface area contributed by atoms with E-state index in [4.69, 9.17) is 5.73 Å². The van der Waals surface area contributed by atoms with E-state index in [1.807, 2.05) is 32.0 Å². The predicted molar refractivity (Wildman–Crippen MR) is 82.0 cm³/mol. The van der Waals surface area contributed by atoms with Crippen molar-refractivity contribution in [3.05, 3.63) is 29.3 Å². The van der Waals surface area contributed by atoms with Crippen molar-refractivity contribution in [3.63, 3.8) is 0 Å². The Morgan fingerprint density at radius 2 is 2.00 bits per heavy atom. The molecule has 1 heterocycles. The molecule has 0 aliphatic carbocycles. The van der Waals surface area contributed by atoms with Gasteiger partial charge in [-0.25, -0.2) is 0 Å². The van der Waals surface area contributed by atoms with Crippen LogP contribution in [0.1, 0.15) is 24.0 Å². The highest BCUT2D eigenvalue weighted by atomic mass is 16.2. The number of rotatable bonds is 4. The maximum atomic E-state index is 12.2. The number of anilines is 1. The minimum atomic E-state index is -0.248. The van der Waals surface area contributed by atoms with E-state index < -0.39 is 0 Å². The first-order valence-corrected chi connectivity index (χ1v) is 7.46. The van der Waals surface area contributed by atoms with E-state index in [0.29, 0.717) is 13.1 Å². The maximum absolute atomic E-state index is 12.2. The highest BCUT2D eigenvalue weighted by Crippen LogP contribution is 2.18. The van der Waals surface area contributed by atoms with Crippen LogP contribution in [0.5, 0.6) is 0 Å². The Labute approximate surface area is 125 Å². The predicted octanol–water partition coefficient (Wildman–Crippen LogP) is 0.0221.